The van der Waals surface area contributed by atoms with Crippen LogP contribution >= 0.6 is 11.3 Å². The summed E-state index contributed by atoms with van der Waals surface area (Å²) in [5, 5.41) is 13.5. The number of likely N-dealkylation sites (tertiary alicyclic amines) is 1. The Bertz CT molecular complexity index is 741. The smallest absolute Gasteiger partial charge is 0.261 e. The van der Waals surface area contributed by atoms with Crippen LogP contribution in [0.25, 0.3) is 0 Å². The molecule has 2 aliphatic carbocycles. The molecule has 6 heteroatoms. The molecule has 1 aromatic heterocycles. The fourth-order valence-electron chi connectivity index (χ4n) is 5.09. The molecule has 5 nitrogen and oxygen atoms in total. The number of thiophene rings is 1. The third-order valence-corrected chi connectivity index (χ3v) is 8.27. The van der Waals surface area contributed by atoms with Gasteiger partial charge in [0, 0.05) is 24.5 Å². The van der Waals surface area contributed by atoms with Crippen molar-refractivity contribution in [3.63, 3.8) is 0 Å². The van der Waals surface area contributed by atoms with E-state index in [1.807, 2.05) is 11.8 Å². The van der Waals surface area contributed by atoms with Gasteiger partial charge in [0.1, 0.15) is 0 Å². The van der Waals surface area contributed by atoms with Gasteiger partial charge in [0.05, 0.1) is 15.9 Å². The molecule has 0 radical (unpaired) electrons. The number of carbonyl (C=O) groups excluding carboxylic acids is 2. The average Bonchev–Trinajstić information content (AvgIpc) is 3.01. The normalized spacial score (nSPS) is 26.6. The fourth-order valence-corrected chi connectivity index (χ4v) is 6.26. The molecule has 2 heterocycles. The zero-order valence-corrected chi connectivity index (χ0v) is 18.4. The van der Waals surface area contributed by atoms with E-state index in [1.54, 1.807) is 11.3 Å². The molecule has 1 atom stereocenters. The molecular formula is C23H34N2O3S. The minimum Gasteiger partial charge on any atom is -0.388 e. The highest BCUT2D eigenvalue weighted by atomic mass is 32.1. The van der Waals surface area contributed by atoms with Crippen molar-refractivity contribution < 1.29 is 14.7 Å². The largest absolute Gasteiger partial charge is 0.388 e. The lowest BCUT2D eigenvalue weighted by Gasteiger charge is -2.46. The van der Waals surface area contributed by atoms with Crippen molar-refractivity contribution in [1.82, 2.24) is 10.2 Å². The quantitative estimate of drug-likeness (QED) is 0.784. The first kappa shape index (κ1) is 20.9. The molecule has 2 fully saturated rings. The predicted molar refractivity (Wildman–Crippen MR) is 115 cm³/mol. The molecule has 29 heavy (non-hydrogen) atoms. The van der Waals surface area contributed by atoms with Crippen LogP contribution < -0.4 is 5.32 Å². The average molecular weight is 419 g/mol. The van der Waals surface area contributed by atoms with E-state index in [1.165, 1.54) is 36.1 Å². The minimum absolute atomic E-state index is 0.0357. The number of fused-ring (bicyclic) bond motifs is 1. The highest BCUT2D eigenvalue weighted by Gasteiger charge is 2.48. The molecule has 4 rings (SSSR count). The van der Waals surface area contributed by atoms with E-state index in [2.05, 4.69) is 11.4 Å². The molecule has 3 aliphatic rings. The highest BCUT2D eigenvalue weighted by molar-refractivity contribution is 7.14. The van der Waals surface area contributed by atoms with E-state index >= 15 is 0 Å². The van der Waals surface area contributed by atoms with Gasteiger partial charge in [0.2, 0.25) is 5.91 Å². The SMILES string of the molecule is CC1(O)CCCN(C(=O)C2(CNC(=O)c3cc4c(s3)CCCCCC4)CCC2)C1. The lowest BCUT2D eigenvalue weighted by atomic mass is 9.67. The van der Waals surface area contributed by atoms with E-state index in [-0.39, 0.29) is 11.8 Å². The number of piperidine rings is 1. The first-order valence-electron chi connectivity index (χ1n) is 11.3. The van der Waals surface area contributed by atoms with Crippen LogP contribution in [0.1, 0.15) is 84.8 Å². The van der Waals surface area contributed by atoms with Crippen molar-refractivity contribution in [2.24, 2.45) is 5.41 Å². The Morgan fingerprint density at radius 2 is 1.86 bits per heavy atom. The van der Waals surface area contributed by atoms with Crippen LogP contribution in [0.4, 0.5) is 0 Å². The summed E-state index contributed by atoms with van der Waals surface area (Å²) >= 11 is 1.64. The van der Waals surface area contributed by atoms with Crippen LogP contribution in [0, 0.1) is 5.41 Å². The van der Waals surface area contributed by atoms with Gasteiger partial charge in [-0.2, -0.15) is 0 Å². The Hall–Kier alpha value is -1.40. The van der Waals surface area contributed by atoms with Crippen LogP contribution in [-0.2, 0) is 17.6 Å². The molecule has 0 spiro atoms. The maximum atomic E-state index is 13.2. The minimum atomic E-state index is -0.796. The molecule has 1 saturated heterocycles. The zero-order chi connectivity index (χ0) is 20.5. The van der Waals surface area contributed by atoms with Gasteiger partial charge in [-0.05, 0) is 69.9 Å². The number of rotatable bonds is 4. The van der Waals surface area contributed by atoms with E-state index < -0.39 is 11.0 Å². The van der Waals surface area contributed by atoms with Crippen molar-refractivity contribution in [2.45, 2.75) is 83.2 Å². The van der Waals surface area contributed by atoms with Gasteiger partial charge in [-0.3, -0.25) is 9.59 Å². The number of amides is 2. The molecular weight excluding hydrogens is 384 g/mol. The summed E-state index contributed by atoms with van der Waals surface area (Å²) in [5.41, 5.74) is 0.0784. The lowest BCUT2D eigenvalue weighted by Crippen LogP contribution is -2.58. The van der Waals surface area contributed by atoms with E-state index in [0.29, 0.717) is 19.6 Å². The third kappa shape index (κ3) is 4.53. The second-order valence-corrected chi connectivity index (χ2v) is 10.8. The van der Waals surface area contributed by atoms with Gasteiger partial charge in [0.15, 0.2) is 0 Å². The van der Waals surface area contributed by atoms with Crippen LogP contribution in [0.15, 0.2) is 6.07 Å². The predicted octanol–water partition coefficient (Wildman–Crippen LogP) is 3.68. The summed E-state index contributed by atoms with van der Waals surface area (Å²) in [6.45, 7) is 3.33. The number of nitrogens with zero attached hydrogens (tertiary/aromatic N) is 1. The topological polar surface area (TPSA) is 69.6 Å². The molecule has 0 aromatic carbocycles. The molecule has 1 saturated carbocycles. The van der Waals surface area contributed by atoms with Crippen molar-refractivity contribution in [3.05, 3.63) is 21.4 Å². The monoisotopic (exact) mass is 418 g/mol. The number of nitrogens with one attached hydrogen (secondary N) is 1. The Kier molecular flexibility index (Phi) is 6.03. The summed E-state index contributed by atoms with van der Waals surface area (Å²) in [6.07, 6.45) is 11.4. The zero-order valence-electron chi connectivity index (χ0n) is 17.6. The fraction of sp³-hybridized carbons (Fsp3) is 0.739. The molecule has 1 aromatic rings. The van der Waals surface area contributed by atoms with Gasteiger partial charge < -0.3 is 15.3 Å². The standard InChI is InChI=1S/C23H34N2O3S/c1-22(28)10-7-13-25(16-22)21(27)23(11-6-12-23)15-24-20(26)19-14-17-8-4-2-3-5-9-18(17)29-19/h14,28H,2-13,15-16H2,1H3,(H,24,26). The molecule has 2 N–H and O–H groups in total. The highest BCUT2D eigenvalue weighted by Crippen LogP contribution is 2.43. The van der Waals surface area contributed by atoms with E-state index in [9.17, 15) is 14.7 Å². The van der Waals surface area contributed by atoms with Crippen molar-refractivity contribution in [3.8, 4) is 0 Å². The maximum Gasteiger partial charge on any atom is 0.261 e. The number of β-amino-alcohol motifs (C(OH)–C–C–N with tert-alkyl or cyclic N) is 1. The second kappa shape index (κ2) is 8.38. The molecule has 1 unspecified atom stereocenters. The Balaban J connectivity index is 1.40. The second-order valence-electron chi connectivity index (χ2n) is 9.62. The Labute approximate surface area is 177 Å². The van der Waals surface area contributed by atoms with Gasteiger partial charge in [-0.25, -0.2) is 0 Å². The van der Waals surface area contributed by atoms with Gasteiger partial charge in [0.25, 0.3) is 5.91 Å². The van der Waals surface area contributed by atoms with Crippen LogP contribution in [0.5, 0.6) is 0 Å². The molecule has 1 aliphatic heterocycles. The van der Waals surface area contributed by atoms with Crippen LogP contribution in [0.3, 0.4) is 0 Å². The van der Waals surface area contributed by atoms with Crippen LogP contribution in [0.2, 0.25) is 0 Å². The Morgan fingerprint density at radius 3 is 2.55 bits per heavy atom. The van der Waals surface area contributed by atoms with Gasteiger partial charge in [-0.1, -0.05) is 19.3 Å². The maximum absolute atomic E-state index is 13.2. The third-order valence-electron chi connectivity index (χ3n) is 7.03. The number of aryl methyl sites for hydroxylation is 2. The lowest BCUT2D eigenvalue weighted by molar-refractivity contribution is -0.153. The molecule has 160 valence electrons. The van der Waals surface area contributed by atoms with E-state index in [0.717, 1.165) is 49.8 Å². The van der Waals surface area contributed by atoms with Crippen molar-refractivity contribution in [2.75, 3.05) is 19.6 Å². The molecule has 2 amide bonds. The van der Waals surface area contributed by atoms with Crippen molar-refractivity contribution >= 4 is 23.2 Å². The molecule has 0 bridgehead atoms. The van der Waals surface area contributed by atoms with E-state index in [4.69, 9.17) is 0 Å². The summed E-state index contributed by atoms with van der Waals surface area (Å²) in [5.74, 6) is 0.0777. The summed E-state index contributed by atoms with van der Waals surface area (Å²) in [6, 6.07) is 2.08. The summed E-state index contributed by atoms with van der Waals surface area (Å²) < 4.78 is 0. The first-order valence-corrected chi connectivity index (χ1v) is 12.1. The van der Waals surface area contributed by atoms with Crippen LogP contribution in [-0.4, -0.2) is 47.1 Å². The summed E-state index contributed by atoms with van der Waals surface area (Å²) in [7, 11) is 0. The summed E-state index contributed by atoms with van der Waals surface area (Å²) in [4.78, 5) is 30.1. The van der Waals surface area contributed by atoms with Crippen molar-refractivity contribution in [1.29, 1.82) is 0 Å². The Morgan fingerprint density at radius 1 is 1.10 bits per heavy atom. The number of carbonyl (C=O) groups is 2. The number of hydrogen-bond donors (Lipinski definition) is 2. The number of hydrogen-bond acceptors (Lipinski definition) is 4. The van der Waals surface area contributed by atoms with Gasteiger partial charge in [-0.15, -0.1) is 11.3 Å². The van der Waals surface area contributed by atoms with Gasteiger partial charge >= 0.3 is 0 Å². The number of aliphatic hydroxyl groups is 1. The first-order chi connectivity index (χ1) is 13.9.